The fourth-order valence-corrected chi connectivity index (χ4v) is 2.54. The van der Waals surface area contributed by atoms with Crippen molar-refractivity contribution in [3.05, 3.63) is 41.7 Å². The van der Waals surface area contributed by atoms with Gasteiger partial charge in [-0.2, -0.15) is 0 Å². The zero-order valence-electron chi connectivity index (χ0n) is 16.8. The second-order valence-corrected chi connectivity index (χ2v) is 8.70. The van der Waals surface area contributed by atoms with Crippen molar-refractivity contribution in [3.8, 4) is 0 Å². The van der Waals surface area contributed by atoms with Crippen LogP contribution in [0.25, 0.3) is 5.57 Å². The predicted molar refractivity (Wildman–Crippen MR) is 102 cm³/mol. The van der Waals surface area contributed by atoms with E-state index in [-0.39, 0.29) is 18.3 Å². The lowest BCUT2D eigenvalue weighted by molar-refractivity contribution is -0.156. The van der Waals surface area contributed by atoms with Crippen LogP contribution < -0.4 is 0 Å². The van der Waals surface area contributed by atoms with E-state index < -0.39 is 23.2 Å². The quantitative estimate of drug-likeness (QED) is 0.716. The van der Waals surface area contributed by atoms with Crippen molar-refractivity contribution >= 4 is 17.6 Å². The fourth-order valence-electron chi connectivity index (χ4n) is 2.54. The Bertz CT molecular complexity index is 726. The molecule has 5 nitrogen and oxygen atoms in total. The lowest BCUT2D eigenvalue weighted by atomic mass is 9.94. The van der Waals surface area contributed by atoms with Crippen molar-refractivity contribution in [2.45, 2.75) is 53.2 Å². The maximum absolute atomic E-state index is 13.3. The SMILES string of the molecule is CC(C)(C)OC(=O)N1CC=C(c2ccc(F)cc2)[C@@H](OC(=O)C(C)(C)C)C1. The summed E-state index contributed by atoms with van der Waals surface area (Å²) >= 11 is 0. The molecule has 1 aromatic rings. The molecule has 1 aromatic carbocycles. The molecular formula is C21H28FNO4. The van der Waals surface area contributed by atoms with Gasteiger partial charge in [-0.3, -0.25) is 4.79 Å². The van der Waals surface area contributed by atoms with Gasteiger partial charge in [-0.05, 0) is 64.8 Å². The van der Waals surface area contributed by atoms with Gasteiger partial charge in [0, 0.05) is 6.54 Å². The van der Waals surface area contributed by atoms with Gasteiger partial charge < -0.3 is 14.4 Å². The van der Waals surface area contributed by atoms with Gasteiger partial charge in [0.05, 0.1) is 12.0 Å². The highest BCUT2D eigenvalue weighted by molar-refractivity contribution is 5.80. The summed E-state index contributed by atoms with van der Waals surface area (Å²) in [6, 6.07) is 6.00. The van der Waals surface area contributed by atoms with Crippen LogP contribution in [-0.4, -0.2) is 41.8 Å². The molecule has 0 saturated carbocycles. The molecule has 1 aliphatic heterocycles. The topological polar surface area (TPSA) is 55.8 Å². The number of hydrogen-bond donors (Lipinski definition) is 0. The van der Waals surface area contributed by atoms with E-state index in [0.29, 0.717) is 6.54 Å². The summed E-state index contributed by atoms with van der Waals surface area (Å²) in [4.78, 5) is 26.3. The molecule has 148 valence electrons. The van der Waals surface area contributed by atoms with Gasteiger partial charge in [-0.25, -0.2) is 9.18 Å². The Kier molecular flexibility index (Phi) is 5.97. The highest BCUT2D eigenvalue weighted by Gasteiger charge is 2.34. The normalized spacial score (nSPS) is 18.0. The maximum Gasteiger partial charge on any atom is 0.410 e. The molecule has 1 heterocycles. The van der Waals surface area contributed by atoms with Crippen molar-refractivity contribution in [1.82, 2.24) is 4.90 Å². The molecule has 0 aliphatic carbocycles. The van der Waals surface area contributed by atoms with Gasteiger partial charge in [-0.15, -0.1) is 0 Å². The van der Waals surface area contributed by atoms with Crippen LogP contribution in [0.1, 0.15) is 47.1 Å². The van der Waals surface area contributed by atoms with E-state index in [1.54, 1.807) is 53.7 Å². The largest absolute Gasteiger partial charge is 0.455 e. The van der Waals surface area contributed by atoms with E-state index in [1.807, 2.05) is 6.08 Å². The second kappa shape index (κ2) is 7.71. The van der Waals surface area contributed by atoms with Gasteiger partial charge in [0.2, 0.25) is 0 Å². The van der Waals surface area contributed by atoms with E-state index >= 15 is 0 Å². The van der Waals surface area contributed by atoms with Crippen LogP contribution in [0, 0.1) is 11.2 Å². The molecule has 0 saturated heterocycles. The predicted octanol–water partition coefficient (Wildman–Crippen LogP) is 4.42. The first kappa shape index (κ1) is 20.9. The molecular weight excluding hydrogens is 349 g/mol. The number of carbonyl (C=O) groups excluding carboxylic acids is 2. The third-order valence-corrected chi connectivity index (χ3v) is 3.96. The summed E-state index contributed by atoms with van der Waals surface area (Å²) in [5.74, 6) is -0.708. The number of hydrogen-bond acceptors (Lipinski definition) is 4. The van der Waals surface area contributed by atoms with E-state index in [9.17, 15) is 14.0 Å². The van der Waals surface area contributed by atoms with Crippen LogP contribution in [-0.2, 0) is 14.3 Å². The van der Waals surface area contributed by atoms with Crippen LogP contribution in [0.15, 0.2) is 30.3 Å². The Labute approximate surface area is 160 Å². The van der Waals surface area contributed by atoms with Crippen LogP contribution >= 0.6 is 0 Å². The summed E-state index contributed by atoms with van der Waals surface area (Å²) in [5.41, 5.74) is 0.219. The molecule has 0 unspecified atom stereocenters. The highest BCUT2D eigenvalue weighted by Crippen LogP contribution is 2.28. The number of amides is 1. The zero-order valence-corrected chi connectivity index (χ0v) is 16.8. The molecule has 1 atom stereocenters. The molecule has 0 fully saturated rings. The molecule has 1 amide bonds. The van der Waals surface area contributed by atoms with Crippen molar-refractivity contribution in [2.75, 3.05) is 13.1 Å². The minimum absolute atomic E-state index is 0.180. The number of ether oxygens (including phenoxy) is 2. The Morgan fingerprint density at radius 1 is 1.07 bits per heavy atom. The molecule has 27 heavy (non-hydrogen) atoms. The van der Waals surface area contributed by atoms with E-state index in [1.165, 1.54) is 17.0 Å². The average molecular weight is 377 g/mol. The van der Waals surface area contributed by atoms with E-state index in [2.05, 4.69) is 0 Å². The Hall–Kier alpha value is -2.37. The van der Waals surface area contributed by atoms with E-state index in [0.717, 1.165) is 11.1 Å². The lowest BCUT2D eigenvalue weighted by Crippen LogP contribution is -2.46. The summed E-state index contributed by atoms with van der Waals surface area (Å²) in [5, 5.41) is 0. The van der Waals surface area contributed by atoms with Crippen LogP contribution in [0.5, 0.6) is 0 Å². The Balaban J connectivity index is 2.28. The van der Waals surface area contributed by atoms with Crippen LogP contribution in [0.2, 0.25) is 0 Å². The molecule has 6 heteroatoms. The van der Waals surface area contributed by atoms with Gasteiger partial charge in [0.1, 0.15) is 17.5 Å². The number of nitrogens with zero attached hydrogens (tertiary/aromatic N) is 1. The maximum atomic E-state index is 13.3. The van der Waals surface area contributed by atoms with Gasteiger partial charge in [0.15, 0.2) is 0 Å². The standard InChI is InChI=1S/C21H28FNO4/c1-20(2,3)18(24)26-17-13-23(19(25)27-21(4,5)6)12-11-16(17)14-7-9-15(22)10-8-14/h7-11,17H,12-13H2,1-6H3/t17-/m0/s1. The number of benzene rings is 1. The number of carbonyl (C=O) groups is 2. The average Bonchev–Trinajstić information content (AvgIpc) is 2.53. The molecule has 0 bridgehead atoms. The Morgan fingerprint density at radius 3 is 2.19 bits per heavy atom. The Morgan fingerprint density at radius 2 is 1.67 bits per heavy atom. The van der Waals surface area contributed by atoms with E-state index in [4.69, 9.17) is 9.47 Å². The first-order chi connectivity index (χ1) is 12.4. The first-order valence-electron chi connectivity index (χ1n) is 9.02. The second-order valence-electron chi connectivity index (χ2n) is 8.70. The highest BCUT2D eigenvalue weighted by atomic mass is 19.1. The monoisotopic (exact) mass is 377 g/mol. The molecule has 0 N–H and O–H groups in total. The van der Waals surface area contributed by atoms with Crippen LogP contribution in [0.4, 0.5) is 9.18 Å². The van der Waals surface area contributed by atoms with Crippen molar-refractivity contribution in [3.63, 3.8) is 0 Å². The molecule has 0 radical (unpaired) electrons. The molecule has 0 aromatic heterocycles. The summed E-state index contributed by atoms with van der Waals surface area (Å²) < 4.78 is 24.4. The van der Waals surface area contributed by atoms with Crippen molar-refractivity contribution < 1.29 is 23.5 Å². The number of halogens is 1. The summed E-state index contributed by atoms with van der Waals surface area (Å²) in [6.45, 7) is 11.2. The van der Waals surface area contributed by atoms with Gasteiger partial charge in [0.25, 0.3) is 0 Å². The smallest absolute Gasteiger partial charge is 0.410 e. The van der Waals surface area contributed by atoms with Crippen molar-refractivity contribution in [1.29, 1.82) is 0 Å². The minimum atomic E-state index is -0.678. The zero-order chi connectivity index (χ0) is 20.4. The number of esters is 1. The summed E-state index contributed by atoms with van der Waals surface area (Å²) in [6.07, 6.45) is 0.707. The molecule has 0 spiro atoms. The third kappa shape index (κ3) is 5.81. The van der Waals surface area contributed by atoms with Gasteiger partial charge in [-0.1, -0.05) is 18.2 Å². The molecule has 1 aliphatic rings. The fraction of sp³-hybridized carbons (Fsp3) is 0.524. The van der Waals surface area contributed by atoms with Crippen LogP contribution in [0.3, 0.4) is 0 Å². The first-order valence-corrected chi connectivity index (χ1v) is 9.02. The number of rotatable bonds is 2. The molecule has 2 rings (SSSR count). The third-order valence-electron chi connectivity index (χ3n) is 3.96. The summed E-state index contributed by atoms with van der Waals surface area (Å²) in [7, 11) is 0. The minimum Gasteiger partial charge on any atom is -0.455 e. The van der Waals surface area contributed by atoms with Gasteiger partial charge >= 0.3 is 12.1 Å². The van der Waals surface area contributed by atoms with Crippen molar-refractivity contribution in [2.24, 2.45) is 5.41 Å². The lowest BCUT2D eigenvalue weighted by Gasteiger charge is -2.35.